The maximum atomic E-state index is 14.0. The summed E-state index contributed by atoms with van der Waals surface area (Å²) in [6.07, 6.45) is 4.17. The third kappa shape index (κ3) is 4.64. The van der Waals surface area contributed by atoms with Crippen LogP contribution in [-0.4, -0.2) is 25.9 Å². The van der Waals surface area contributed by atoms with Crippen LogP contribution in [0.15, 0.2) is 55.1 Å². The summed E-state index contributed by atoms with van der Waals surface area (Å²) in [5.41, 5.74) is 1.74. The molecule has 0 N–H and O–H groups in total. The fraction of sp³-hybridized carbons (Fsp3) is 0.364. The van der Waals surface area contributed by atoms with Gasteiger partial charge in [0, 0.05) is 5.92 Å². The summed E-state index contributed by atoms with van der Waals surface area (Å²) < 4.78 is 30.9. The van der Waals surface area contributed by atoms with Gasteiger partial charge in [0.2, 0.25) is 0 Å². The summed E-state index contributed by atoms with van der Waals surface area (Å²) in [6, 6.07) is 12.7. The zero-order valence-electron chi connectivity index (χ0n) is 15.1. The average molecular weight is 356 g/mol. The Hall–Kier alpha value is -2.33. The SMILES string of the molecule is C=CC1CCC(COc2ccc(-c3ccc(OCC)c(F)c3)cc2)OC1. The average Bonchev–Trinajstić information content (AvgIpc) is 2.69. The highest BCUT2D eigenvalue weighted by Gasteiger charge is 2.20. The molecule has 1 heterocycles. The molecule has 1 aliphatic rings. The second-order valence-corrected chi connectivity index (χ2v) is 6.44. The van der Waals surface area contributed by atoms with Gasteiger partial charge in [0.25, 0.3) is 0 Å². The van der Waals surface area contributed by atoms with Crippen LogP contribution in [0.4, 0.5) is 4.39 Å². The lowest BCUT2D eigenvalue weighted by Gasteiger charge is -2.27. The van der Waals surface area contributed by atoms with Gasteiger partial charge in [0.05, 0.1) is 19.3 Å². The van der Waals surface area contributed by atoms with Gasteiger partial charge in [-0.25, -0.2) is 4.39 Å². The van der Waals surface area contributed by atoms with Crippen molar-refractivity contribution in [3.8, 4) is 22.6 Å². The molecule has 0 aliphatic carbocycles. The van der Waals surface area contributed by atoms with Crippen LogP contribution >= 0.6 is 0 Å². The lowest BCUT2D eigenvalue weighted by molar-refractivity contribution is -0.0274. The summed E-state index contributed by atoms with van der Waals surface area (Å²) in [5, 5.41) is 0. The maximum absolute atomic E-state index is 14.0. The third-order valence-corrected chi connectivity index (χ3v) is 4.59. The Bertz CT molecular complexity index is 719. The Morgan fingerprint density at radius 1 is 1.12 bits per heavy atom. The van der Waals surface area contributed by atoms with Crippen LogP contribution in [0.25, 0.3) is 11.1 Å². The van der Waals surface area contributed by atoms with E-state index in [0.717, 1.165) is 36.3 Å². The first kappa shape index (κ1) is 18.5. The highest BCUT2D eigenvalue weighted by molar-refractivity contribution is 5.65. The molecule has 2 atom stereocenters. The van der Waals surface area contributed by atoms with Crippen LogP contribution in [0.3, 0.4) is 0 Å². The van der Waals surface area contributed by atoms with Gasteiger partial charge in [0.1, 0.15) is 12.4 Å². The molecule has 1 saturated heterocycles. The number of hydrogen-bond donors (Lipinski definition) is 0. The predicted octanol–water partition coefficient (Wildman–Crippen LogP) is 5.25. The second-order valence-electron chi connectivity index (χ2n) is 6.44. The number of hydrogen-bond acceptors (Lipinski definition) is 3. The molecule has 0 bridgehead atoms. The van der Waals surface area contributed by atoms with Crippen LogP contribution in [-0.2, 0) is 4.74 Å². The minimum Gasteiger partial charge on any atom is -0.491 e. The Kier molecular flexibility index (Phi) is 6.29. The van der Waals surface area contributed by atoms with Crippen molar-refractivity contribution in [3.63, 3.8) is 0 Å². The fourth-order valence-corrected chi connectivity index (χ4v) is 3.03. The largest absolute Gasteiger partial charge is 0.491 e. The lowest BCUT2D eigenvalue weighted by atomic mass is 9.99. The van der Waals surface area contributed by atoms with E-state index >= 15 is 0 Å². The van der Waals surface area contributed by atoms with Crippen molar-refractivity contribution in [2.45, 2.75) is 25.9 Å². The van der Waals surface area contributed by atoms with E-state index < -0.39 is 0 Å². The van der Waals surface area contributed by atoms with E-state index in [-0.39, 0.29) is 17.7 Å². The van der Waals surface area contributed by atoms with Crippen molar-refractivity contribution in [2.75, 3.05) is 19.8 Å². The number of halogens is 1. The summed E-state index contributed by atoms with van der Waals surface area (Å²) in [7, 11) is 0. The van der Waals surface area contributed by atoms with Crippen LogP contribution < -0.4 is 9.47 Å². The first-order valence-corrected chi connectivity index (χ1v) is 9.09. The molecule has 2 aromatic carbocycles. The van der Waals surface area contributed by atoms with E-state index in [4.69, 9.17) is 14.2 Å². The smallest absolute Gasteiger partial charge is 0.165 e. The zero-order chi connectivity index (χ0) is 18.4. The number of rotatable bonds is 7. The Balaban J connectivity index is 1.57. The van der Waals surface area contributed by atoms with Gasteiger partial charge in [-0.15, -0.1) is 6.58 Å². The summed E-state index contributed by atoms with van der Waals surface area (Å²) >= 11 is 0. The monoisotopic (exact) mass is 356 g/mol. The molecule has 0 saturated carbocycles. The van der Waals surface area contributed by atoms with Crippen LogP contribution in [0, 0.1) is 11.7 Å². The van der Waals surface area contributed by atoms with E-state index in [9.17, 15) is 4.39 Å². The van der Waals surface area contributed by atoms with Gasteiger partial charge < -0.3 is 14.2 Å². The molecular formula is C22H25FO3. The minimum absolute atomic E-state index is 0.131. The van der Waals surface area contributed by atoms with E-state index in [0.29, 0.717) is 19.1 Å². The highest BCUT2D eigenvalue weighted by atomic mass is 19.1. The molecule has 0 aromatic heterocycles. The molecule has 3 nitrogen and oxygen atoms in total. The second kappa shape index (κ2) is 8.86. The quantitative estimate of drug-likeness (QED) is 0.634. The van der Waals surface area contributed by atoms with E-state index in [1.165, 1.54) is 6.07 Å². The maximum Gasteiger partial charge on any atom is 0.165 e. The molecule has 0 radical (unpaired) electrons. The molecule has 1 aliphatic heterocycles. The van der Waals surface area contributed by atoms with Gasteiger partial charge in [-0.2, -0.15) is 0 Å². The molecule has 0 spiro atoms. The highest BCUT2D eigenvalue weighted by Crippen LogP contribution is 2.27. The molecule has 138 valence electrons. The fourth-order valence-electron chi connectivity index (χ4n) is 3.03. The molecule has 2 unspecified atom stereocenters. The van der Waals surface area contributed by atoms with E-state index in [2.05, 4.69) is 6.58 Å². The van der Waals surface area contributed by atoms with Crippen molar-refractivity contribution in [2.24, 2.45) is 5.92 Å². The normalized spacial score (nSPS) is 19.8. The molecule has 4 heteroatoms. The van der Waals surface area contributed by atoms with Gasteiger partial charge in [0.15, 0.2) is 11.6 Å². The number of benzene rings is 2. The molecule has 1 fully saturated rings. The first-order valence-electron chi connectivity index (χ1n) is 9.09. The number of ether oxygens (including phenoxy) is 3. The standard InChI is InChI=1S/C22H25FO3/c1-3-16-5-9-20(25-14-16)15-26-19-10-6-17(7-11-19)18-8-12-22(24-4-2)21(23)13-18/h3,6-8,10-13,16,20H,1,4-5,9,14-15H2,2H3. The summed E-state index contributed by atoms with van der Waals surface area (Å²) in [6.45, 7) is 7.36. The first-order chi connectivity index (χ1) is 12.7. The summed E-state index contributed by atoms with van der Waals surface area (Å²) in [4.78, 5) is 0. The minimum atomic E-state index is -0.350. The third-order valence-electron chi connectivity index (χ3n) is 4.59. The van der Waals surface area contributed by atoms with Crippen molar-refractivity contribution >= 4 is 0 Å². The van der Waals surface area contributed by atoms with E-state index in [1.54, 1.807) is 6.07 Å². The van der Waals surface area contributed by atoms with Crippen LogP contribution in [0.1, 0.15) is 19.8 Å². The Morgan fingerprint density at radius 2 is 1.88 bits per heavy atom. The summed E-state index contributed by atoms with van der Waals surface area (Å²) in [5.74, 6) is 1.17. The molecule has 26 heavy (non-hydrogen) atoms. The van der Waals surface area contributed by atoms with Gasteiger partial charge >= 0.3 is 0 Å². The molecular weight excluding hydrogens is 331 g/mol. The predicted molar refractivity (Wildman–Crippen MR) is 101 cm³/mol. The van der Waals surface area contributed by atoms with Crippen LogP contribution in [0.5, 0.6) is 11.5 Å². The van der Waals surface area contributed by atoms with Gasteiger partial charge in [-0.1, -0.05) is 24.3 Å². The van der Waals surface area contributed by atoms with Gasteiger partial charge in [-0.3, -0.25) is 0 Å². The molecule has 2 aromatic rings. The van der Waals surface area contributed by atoms with E-state index in [1.807, 2.05) is 43.3 Å². The Labute approximate surface area is 154 Å². The Morgan fingerprint density at radius 3 is 2.50 bits per heavy atom. The van der Waals surface area contributed by atoms with Gasteiger partial charge in [-0.05, 0) is 55.2 Å². The van der Waals surface area contributed by atoms with Crippen LogP contribution in [0.2, 0.25) is 0 Å². The topological polar surface area (TPSA) is 27.7 Å². The molecule has 0 amide bonds. The zero-order valence-corrected chi connectivity index (χ0v) is 15.1. The molecule has 3 rings (SSSR count). The van der Waals surface area contributed by atoms with Crippen molar-refractivity contribution < 1.29 is 18.6 Å². The van der Waals surface area contributed by atoms with Crippen molar-refractivity contribution in [3.05, 3.63) is 60.9 Å². The van der Waals surface area contributed by atoms with Crippen molar-refractivity contribution in [1.82, 2.24) is 0 Å². The lowest BCUT2D eigenvalue weighted by Crippen LogP contribution is -2.29. The van der Waals surface area contributed by atoms with Crippen molar-refractivity contribution in [1.29, 1.82) is 0 Å².